The molecule has 0 aliphatic carbocycles. The predicted molar refractivity (Wildman–Crippen MR) is 95.4 cm³/mol. The zero-order valence-corrected chi connectivity index (χ0v) is 13.8. The number of aryl methyl sites for hydroxylation is 1. The predicted octanol–water partition coefficient (Wildman–Crippen LogP) is 3.84. The zero-order chi connectivity index (χ0) is 17.1. The van der Waals surface area contributed by atoms with E-state index in [2.05, 4.69) is 15.3 Å². The van der Waals surface area contributed by atoms with Gasteiger partial charge in [0.1, 0.15) is 17.3 Å². The summed E-state index contributed by atoms with van der Waals surface area (Å²) in [6, 6.07) is 13.9. The normalized spacial score (nSPS) is 10.8. The van der Waals surface area contributed by atoms with Gasteiger partial charge in [-0.25, -0.2) is 9.67 Å². The summed E-state index contributed by atoms with van der Waals surface area (Å²) in [6.07, 6.45) is 7.01. The molecule has 0 radical (unpaired) electrons. The molecule has 0 aliphatic heterocycles. The number of nitrogens with one attached hydrogen (secondary N) is 1. The van der Waals surface area contributed by atoms with E-state index in [-0.39, 0.29) is 0 Å². The Morgan fingerprint density at radius 1 is 1.08 bits per heavy atom. The Labute approximate surface area is 145 Å². The second-order valence-corrected chi connectivity index (χ2v) is 5.64. The molecular weight excluding hydrogens is 314 g/mol. The van der Waals surface area contributed by atoms with E-state index in [1.807, 2.05) is 60.3 Å². The lowest BCUT2D eigenvalue weighted by molar-refractivity contribution is 0.545. The van der Waals surface area contributed by atoms with Gasteiger partial charge in [0.2, 0.25) is 0 Å². The van der Waals surface area contributed by atoms with Crippen molar-refractivity contribution in [3.8, 4) is 17.1 Å². The summed E-state index contributed by atoms with van der Waals surface area (Å²) in [4.78, 5) is 8.31. The molecule has 124 valence electrons. The SMILES string of the molecule is Cc1ccc(-c2nn(-c3ccccc3)cc2CNc2cnccn2)o1. The summed E-state index contributed by atoms with van der Waals surface area (Å²) in [5.41, 5.74) is 2.83. The van der Waals surface area contributed by atoms with Crippen molar-refractivity contribution in [2.45, 2.75) is 13.5 Å². The number of benzene rings is 1. The minimum atomic E-state index is 0.570. The molecule has 25 heavy (non-hydrogen) atoms. The third-order valence-electron chi connectivity index (χ3n) is 3.81. The van der Waals surface area contributed by atoms with E-state index >= 15 is 0 Å². The second-order valence-electron chi connectivity index (χ2n) is 5.64. The Balaban J connectivity index is 1.69. The molecule has 6 heteroatoms. The number of hydrogen-bond donors (Lipinski definition) is 1. The van der Waals surface area contributed by atoms with Crippen LogP contribution in [0, 0.1) is 6.92 Å². The quantitative estimate of drug-likeness (QED) is 0.602. The smallest absolute Gasteiger partial charge is 0.154 e. The Hall–Kier alpha value is -3.41. The van der Waals surface area contributed by atoms with Crippen molar-refractivity contribution in [1.82, 2.24) is 19.7 Å². The third kappa shape index (κ3) is 3.28. The summed E-state index contributed by atoms with van der Waals surface area (Å²) >= 11 is 0. The van der Waals surface area contributed by atoms with Gasteiger partial charge in [0.05, 0.1) is 11.9 Å². The Morgan fingerprint density at radius 3 is 2.68 bits per heavy atom. The molecule has 4 rings (SSSR count). The molecule has 0 amide bonds. The lowest BCUT2D eigenvalue weighted by Crippen LogP contribution is -2.01. The average Bonchev–Trinajstić information content (AvgIpc) is 3.28. The summed E-state index contributed by atoms with van der Waals surface area (Å²) < 4.78 is 7.64. The average molecular weight is 331 g/mol. The molecule has 0 bridgehead atoms. The van der Waals surface area contributed by atoms with E-state index in [4.69, 9.17) is 9.52 Å². The maximum atomic E-state index is 5.78. The van der Waals surface area contributed by atoms with Gasteiger partial charge < -0.3 is 9.73 Å². The first-order valence-corrected chi connectivity index (χ1v) is 8.00. The number of rotatable bonds is 5. The van der Waals surface area contributed by atoms with Gasteiger partial charge >= 0.3 is 0 Å². The van der Waals surface area contributed by atoms with Crippen LogP contribution in [0.15, 0.2) is 71.7 Å². The van der Waals surface area contributed by atoms with E-state index in [9.17, 15) is 0 Å². The molecule has 6 nitrogen and oxygen atoms in total. The molecule has 0 atom stereocenters. The highest BCUT2D eigenvalue weighted by Gasteiger charge is 2.15. The standard InChI is InChI=1S/C19H17N5O/c1-14-7-8-17(25-14)19-15(11-22-18-12-20-9-10-21-18)13-24(23-19)16-5-3-2-4-6-16/h2-10,12-13H,11H2,1H3,(H,21,22). The number of anilines is 1. The van der Waals surface area contributed by atoms with E-state index in [0.717, 1.165) is 34.3 Å². The maximum Gasteiger partial charge on any atom is 0.154 e. The van der Waals surface area contributed by atoms with Crippen LogP contribution in [0.5, 0.6) is 0 Å². The van der Waals surface area contributed by atoms with Crippen LogP contribution in [0.1, 0.15) is 11.3 Å². The van der Waals surface area contributed by atoms with Crippen molar-refractivity contribution in [2.75, 3.05) is 5.32 Å². The van der Waals surface area contributed by atoms with E-state index in [1.54, 1.807) is 18.6 Å². The van der Waals surface area contributed by atoms with Gasteiger partial charge in [-0.1, -0.05) is 18.2 Å². The molecule has 0 fully saturated rings. The van der Waals surface area contributed by atoms with Crippen LogP contribution in [0.2, 0.25) is 0 Å². The number of nitrogens with zero attached hydrogens (tertiary/aromatic N) is 4. The van der Waals surface area contributed by atoms with Crippen molar-refractivity contribution in [2.24, 2.45) is 0 Å². The van der Waals surface area contributed by atoms with Gasteiger partial charge in [0, 0.05) is 30.7 Å². The van der Waals surface area contributed by atoms with Crippen LogP contribution in [0.3, 0.4) is 0 Å². The molecule has 0 aliphatic rings. The van der Waals surface area contributed by atoms with Crippen molar-refractivity contribution < 1.29 is 4.42 Å². The summed E-state index contributed by atoms with van der Waals surface area (Å²) in [7, 11) is 0. The molecule has 0 saturated heterocycles. The highest BCUT2D eigenvalue weighted by atomic mass is 16.3. The fourth-order valence-corrected chi connectivity index (χ4v) is 2.60. The summed E-state index contributed by atoms with van der Waals surface area (Å²) in [5, 5.41) is 8.00. The second kappa shape index (κ2) is 6.60. The van der Waals surface area contributed by atoms with Crippen LogP contribution in [-0.2, 0) is 6.54 Å². The lowest BCUT2D eigenvalue weighted by atomic mass is 10.2. The first-order valence-electron chi connectivity index (χ1n) is 8.00. The largest absolute Gasteiger partial charge is 0.460 e. The van der Waals surface area contributed by atoms with Gasteiger partial charge in [0.25, 0.3) is 0 Å². The van der Waals surface area contributed by atoms with Crippen LogP contribution < -0.4 is 5.32 Å². The summed E-state index contributed by atoms with van der Waals surface area (Å²) in [6.45, 7) is 2.50. The van der Waals surface area contributed by atoms with Crippen LogP contribution >= 0.6 is 0 Å². The fourth-order valence-electron chi connectivity index (χ4n) is 2.60. The highest BCUT2D eigenvalue weighted by molar-refractivity contribution is 5.58. The van der Waals surface area contributed by atoms with E-state index < -0.39 is 0 Å². The molecule has 3 aromatic heterocycles. The molecule has 4 aromatic rings. The van der Waals surface area contributed by atoms with Crippen molar-refractivity contribution >= 4 is 5.82 Å². The highest BCUT2D eigenvalue weighted by Crippen LogP contribution is 2.26. The first kappa shape index (κ1) is 15.1. The number of para-hydroxylation sites is 1. The number of aromatic nitrogens is 4. The topological polar surface area (TPSA) is 68.8 Å². The van der Waals surface area contributed by atoms with Crippen LogP contribution in [-0.4, -0.2) is 19.7 Å². The molecular formula is C19H17N5O. The summed E-state index contributed by atoms with van der Waals surface area (Å²) in [5.74, 6) is 2.33. The number of furan rings is 1. The van der Waals surface area contributed by atoms with Gasteiger partial charge in [-0.2, -0.15) is 5.10 Å². The molecule has 3 heterocycles. The van der Waals surface area contributed by atoms with Crippen molar-refractivity contribution in [3.63, 3.8) is 0 Å². The van der Waals surface area contributed by atoms with Crippen LogP contribution in [0.25, 0.3) is 17.1 Å². The Bertz CT molecular complexity index is 960. The molecule has 0 spiro atoms. The molecule has 1 N–H and O–H groups in total. The van der Waals surface area contributed by atoms with Gasteiger partial charge in [-0.3, -0.25) is 4.98 Å². The number of hydrogen-bond acceptors (Lipinski definition) is 5. The van der Waals surface area contributed by atoms with Gasteiger partial charge in [-0.15, -0.1) is 0 Å². The maximum absolute atomic E-state index is 5.78. The minimum absolute atomic E-state index is 0.570. The van der Waals surface area contributed by atoms with E-state index in [1.165, 1.54) is 0 Å². The lowest BCUT2D eigenvalue weighted by Gasteiger charge is -2.03. The minimum Gasteiger partial charge on any atom is -0.460 e. The van der Waals surface area contributed by atoms with Gasteiger partial charge in [-0.05, 0) is 31.2 Å². The van der Waals surface area contributed by atoms with Crippen LogP contribution in [0.4, 0.5) is 5.82 Å². The molecule has 1 aromatic carbocycles. The molecule has 0 saturated carbocycles. The zero-order valence-electron chi connectivity index (χ0n) is 13.8. The van der Waals surface area contributed by atoms with Crippen molar-refractivity contribution in [3.05, 3.63) is 78.6 Å². The van der Waals surface area contributed by atoms with Gasteiger partial charge in [0.15, 0.2) is 5.76 Å². The van der Waals surface area contributed by atoms with Crippen molar-refractivity contribution in [1.29, 1.82) is 0 Å². The monoisotopic (exact) mass is 331 g/mol. The van der Waals surface area contributed by atoms with E-state index in [0.29, 0.717) is 6.54 Å². The first-order chi connectivity index (χ1) is 12.3. The Kier molecular flexibility index (Phi) is 4.00. The Morgan fingerprint density at radius 2 is 1.96 bits per heavy atom. The fraction of sp³-hybridized carbons (Fsp3) is 0.105. The third-order valence-corrected chi connectivity index (χ3v) is 3.81. The molecule has 0 unspecified atom stereocenters.